The van der Waals surface area contributed by atoms with E-state index in [0.29, 0.717) is 24.6 Å². The maximum Gasteiger partial charge on any atom is 0.434 e. The molecule has 0 radical (unpaired) electrons. The Kier molecular flexibility index (Phi) is 5.60. The minimum atomic E-state index is -4.62. The van der Waals surface area contributed by atoms with Gasteiger partial charge >= 0.3 is 6.18 Å². The molecule has 7 nitrogen and oxygen atoms in total. The van der Waals surface area contributed by atoms with Gasteiger partial charge in [-0.15, -0.1) is 0 Å². The number of anilines is 1. The first kappa shape index (κ1) is 21.4. The zero-order valence-corrected chi connectivity index (χ0v) is 17.0. The maximum absolute atomic E-state index is 12.6. The lowest BCUT2D eigenvalue weighted by atomic mass is 9.96. The Morgan fingerprint density at radius 3 is 2.59 bits per heavy atom. The topological polar surface area (TPSA) is 88.1 Å². The summed E-state index contributed by atoms with van der Waals surface area (Å²) >= 11 is 0. The molecule has 0 bridgehead atoms. The van der Waals surface area contributed by atoms with Crippen molar-refractivity contribution < 1.29 is 22.8 Å². The fraction of sp³-hybridized carbons (Fsp3) is 0.227. The van der Waals surface area contributed by atoms with Gasteiger partial charge in [0.15, 0.2) is 5.69 Å². The van der Waals surface area contributed by atoms with Crippen LogP contribution in [-0.2, 0) is 23.9 Å². The second-order valence-electron chi connectivity index (χ2n) is 7.35. The third-order valence-electron chi connectivity index (χ3n) is 5.18. The summed E-state index contributed by atoms with van der Waals surface area (Å²) in [6.07, 6.45) is 1.13. The van der Waals surface area contributed by atoms with Gasteiger partial charge in [0.2, 0.25) is 5.91 Å². The Morgan fingerprint density at radius 2 is 1.88 bits per heavy atom. The molecule has 2 aromatic heterocycles. The van der Waals surface area contributed by atoms with Gasteiger partial charge in [-0.3, -0.25) is 14.6 Å². The van der Waals surface area contributed by atoms with Crippen LogP contribution in [0.4, 0.5) is 18.9 Å². The molecule has 0 unspecified atom stereocenters. The van der Waals surface area contributed by atoms with E-state index in [4.69, 9.17) is 0 Å². The number of rotatable bonds is 4. The molecule has 1 aliphatic heterocycles. The summed E-state index contributed by atoms with van der Waals surface area (Å²) < 4.78 is 37.7. The molecule has 0 spiro atoms. The van der Waals surface area contributed by atoms with E-state index in [1.165, 1.54) is 0 Å². The number of aryl methyl sites for hydroxylation is 1. The van der Waals surface area contributed by atoms with E-state index in [-0.39, 0.29) is 18.1 Å². The molecule has 3 heterocycles. The van der Waals surface area contributed by atoms with Crippen LogP contribution in [0.15, 0.2) is 49.1 Å². The molecule has 2 amide bonds. The van der Waals surface area contributed by atoms with E-state index in [1.807, 2.05) is 24.3 Å². The van der Waals surface area contributed by atoms with Crippen molar-refractivity contribution in [2.45, 2.75) is 25.6 Å². The van der Waals surface area contributed by atoms with E-state index in [9.17, 15) is 22.8 Å². The molecule has 4 rings (SSSR count). The van der Waals surface area contributed by atoms with Crippen molar-refractivity contribution in [1.82, 2.24) is 20.3 Å². The lowest BCUT2D eigenvalue weighted by molar-refractivity contribution is -0.141. The van der Waals surface area contributed by atoms with Crippen LogP contribution < -0.4 is 10.2 Å². The Labute approximate surface area is 181 Å². The quantitative estimate of drug-likeness (QED) is 0.671. The van der Waals surface area contributed by atoms with Gasteiger partial charge in [-0.1, -0.05) is 6.07 Å². The smallest absolute Gasteiger partial charge is 0.347 e. The summed E-state index contributed by atoms with van der Waals surface area (Å²) in [5, 5.41) is 2.61. The van der Waals surface area contributed by atoms with Gasteiger partial charge in [-0.2, -0.15) is 13.2 Å². The van der Waals surface area contributed by atoms with Gasteiger partial charge < -0.3 is 10.2 Å². The van der Waals surface area contributed by atoms with Gasteiger partial charge in [0.05, 0.1) is 12.4 Å². The molecule has 32 heavy (non-hydrogen) atoms. The molecule has 3 aromatic rings. The Bertz CT molecular complexity index is 1180. The first-order valence-electron chi connectivity index (χ1n) is 9.73. The fourth-order valence-electron chi connectivity index (χ4n) is 3.44. The van der Waals surface area contributed by atoms with E-state index in [2.05, 4.69) is 20.3 Å². The van der Waals surface area contributed by atoms with Crippen molar-refractivity contribution in [3.05, 3.63) is 71.6 Å². The number of hydrogen-bond donors (Lipinski definition) is 1. The summed E-state index contributed by atoms with van der Waals surface area (Å²) in [7, 11) is 1.76. The normalized spacial score (nSPS) is 13.6. The Morgan fingerprint density at radius 1 is 1.06 bits per heavy atom. The standard InChI is InChI=1S/C22H18F3N5O2/c1-30-18-4-2-14(7-15(18)3-5-20(30)31)16-6-13(8-26-10-16)9-29-21(32)17-11-28-19(12-27-17)22(23,24)25/h2,4,6-8,10-12H,3,5,9H2,1H3,(H,29,32). The highest BCUT2D eigenvalue weighted by Gasteiger charge is 2.33. The fourth-order valence-corrected chi connectivity index (χ4v) is 3.44. The molecule has 0 atom stereocenters. The monoisotopic (exact) mass is 441 g/mol. The Balaban J connectivity index is 1.46. The number of pyridine rings is 1. The van der Waals surface area contributed by atoms with Crippen LogP contribution in [-0.4, -0.2) is 33.8 Å². The summed E-state index contributed by atoms with van der Waals surface area (Å²) in [6, 6.07) is 7.70. The van der Waals surface area contributed by atoms with Crippen LogP contribution in [0.2, 0.25) is 0 Å². The molecule has 1 aromatic carbocycles. The number of benzene rings is 1. The number of alkyl halides is 3. The highest BCUT2D eigenvalue weighted by atomic mass is 19.4. The molecular formula is C22H18F3N5O2. The number of nitrogens with zero attached hydrogens (tertiary/aromatic N) is 4. The van der Waals surface area contributed by atoms with Crippen molar-refractivity contribution in [1.29, 1.82) is 0 Å². The number of carbonyl (C=O) groups excluding carboxylic acids is 2. The SMILES string of the molecule is CN1C(=O)CCc2cc(-c3cncc(CNC(=O)c4cnc(C(F)(F)F)cn4)c3)ccc21. The number of aromatic nitrogens is 3. The van der Waals surface area contributed by atoms with Gasteiger partial charge in [-0.25, -0.2) is 9.97 Å². The van der Waals surface area contributed by atoms with Crippen molar-refractivity contribution >= 4 is 17.5 Å². The number of amides is 2. The predicted octanol–water partition coefficient (Wildman–Crippen LogP) is 3.40. The summed E-state index contributed by atoms with van der Waals surface area (Å²) in [4.78, 5) is 36.7. The second kappa shape index (κ2) is 8.37. The van der Waals surface area contributed by atoms with Gasteiger partial charge in [0, 0.05) is 43.7 Å². The molecule has 1 N–H and O–H groups in total. The van der Waals surface area contributed by atoms with Gasteiger partial charge in [0.25, 0.3) is 5.91 Å². The van der Waals surface area contributed by atoms with Crippen LogP contribution in [0.3, 0.4) is 0 Å². The number of carbonyl (C=O) groups is 2. The van der Waals surface area contributed by atoms with Crippen molar-refractivity contribution in [3.63, 3.8) is 0 Å². The molecule has 0 saturated heterocycles. The van der Waals surface area contributed by atoms with Crippen LogP contribution in [0.25, 0.3) is 11.1 Å². The van der Waals surface area contributed by atoms with E-state index in [1.54, 1.807) is 24.3 Å². The molecule has 0 saturated carbocycles. The lowest BCUT2D eigenvalue weighted by Crippen LogP contribution is -2.30. The first-order chi connectivity index (χ1) is 15.2. The average Bonchev–Trinajstić information content (AvgIpc) is 2.79. The minimum absolute atomic E-state index is 0.0855. The molecule has 0 fully saturated rings. The lowest BCUT2D eigenvalue weighted by Gasteiger charge is -2.26. The highest BCUT2D eigenvalue weighted by molar-refractivity contribution is 5.96. The number of halogens is 3. The van der Waals surface area contributed by atoms with Crippen molar-refractivity contribution in [2.24, 2.45) is 0 Å². The van der Waals surface area contributed by atoms with Crippen molar-refractivity contribution in [3.8, 4) is 11.1 Å². The highest BCUT2D eigenvalue weighted by Crippen LogP contribution is 2.31. The maximum atomic E-state index is 12.6. The molecular weight excluding hydrogens is 423 g/mol. The summed E-state index contributed by atoms with van der Waals surface area (Å²) in [5.41, 5.74) is 3.07. The van der Waals surface area contributed by atoms with Crippen LogP contribution in [0.5, 0.6) is 0 Å². The first-order valence-corrected chi connectivity index (χ1v) is 9.73. The number of fused-ring (bicyclic) bond motifs is 1. The van der Waals surface area contributed by atoms with E-state index < -0.39 is 17.8 Å². The number of hydrogen-bond acceptors (Lipinski definition) is 5. The Hall–Kier alpha value is -3.82. The third-order valence-corrected chi connectivity index (χ3v) is 5.18. The van der Waals surface area contributed by atoms with Gasteiger partial charge in [0.1, 0.15) is 5.69 Å². The summed E-state index contributed by atoms with van der Waals surface area (Å²) in [6.45, 7) is 0.116. The van der Waals surface area contributed by atoms with Gasteiger partial charge in [-0.05, 0) is 41.3 Å². The zero-order valence-electron chi connectivity index (χ0n) is 17.0. The molecule has 164 valence electrons. The van der Waals surface area contributed by atoms with Crippen molar-refractivity contribution in [2.75, 3.05) is 11.9 Å². The largest absolute Gasteiger partial charge is 0.434 e. The minimum Gasteiger partial charge on any atom is -0.347 e. The van der Waals surface area contributed by atoms with Crippen LogP contribution in [0.1, 0.15) is 33.7 Å². The van der Waals surface area contributed by atoms with Crippen LogP contribution >= 0.6 is 0 Å². The average molecular weight is 441 g/mol. The summed E-state index contributed by atoms with van der Waals surface area (Å²) in [5.74, 6) is -0.555. The van der Waals surface area contributed by atoms with E-state index in [0.717, 1.165) is 28.6 Å². The second-order valence-corrected chi connectivity index (χ2v) is 7.35. The third kappa shape index (κ3) is 4.43. The molecule has 1 aliphatic rings. The van der Waals surface area contributed by atoms with Crippen LogP contribution in [0, 0.1) is 0 Å². The molecule has 0 aliphatic carbocycles. The number of nitrogens with one attached hydrogen (secondary N) is 1. The zero-order chi connectivity index (χ0) is 22.9. The predicted molar refractivity (Wildman–Crippen MR) is 110 cm³/mol. The van der Waals surface area contributed by atoms with E-state index >= 15 is 0 Å². The molecule has 10 heteroatoms.